The van der Waals surface area contributed by atoms with Crippen molar-refractivity contribution in [1.29, 1.82) is 0 Å². The molecule has 0 saturated carbocycles. The average molecular weight is 333 g/mol. The van der Waals surface area contributed by atoms with Gasteiger partial charge in [-0.25, -0.2) is 0 Å². The van der Waals surface area contributed by atoms with E-state index in [0.29, 0.717) is 12.3 Å². The van der Waals surface area contributed by atoms with Crippen LogP contribution in [0.1, 0.15) is 34.4 Å². The van der Waals surface area contributed by atoms with E-state index in [9.17, 15) is 10.2 Å². The number of phenols is 1. The summed E-state index contributed by atoms with van der Waals surface area (Å²) in [6.07, 6.45) is -0.685. The van der Waals surface area contributed by atoms with E-state index in [-0.39, 0.29) is 6.04 Å². The van der Waals surface area contributed by atoms with Gasteiger partial charge in [0.25, 0.3) is 0 Å². The first-order valence-electron chi connectivity index (χ1n) is 8.45. The highest BCUT2D eigenvalue weighted by Crippen LogP contribution is 2.30. The van der Waals surface area contributed by atoms with Crippen LogP contribution in [0.4, 0.5) is 0 Å². The molecule has 3 rings (SSSR count). The van der Waals surface area contributed by atoms with Crippen molar-refractivity contribution in [1.82, 2.24) is 5.32 Å². The first-order valence-corrected chi connectivity index (χ1v) is 8.45. The quantitative estimate of drug-likeness (QED) is 0.631. The van der Waals surface area contributed by atoms with Crippen LogP contribution in [0, 0.1) is 6.92 Å². The number of nitrogens with one attached hydrogen (secondary N) is 1. The third kappa shape index (κ3) is 4.08. The number of aliphatic hydroxyl groups is 1. The summed E-state index contributed by atoms with van der Waals surface area (Å²) in [6.45, 7) is 2.35. The molecule has 0 aliphatic heterocycles. The van der Waals surface area contributed by atoms with Crippen molar-refractivity contribution in [3.8, 4) is 5.75 Å². The maximum Gasteiger partial charge on any atom is 0.122 e. The third-order valence-electron chi connectivity index (χ3n) is 4.45. The standard InChI is InChI=1S/C22H23NO2/c1-16-9-8-14-19(21(16)24)15-23-20(17-10-4-2-5-11-17)22(25)18-12-6-3-7-13-18/h2-14,20,22-25H,15H2,1H3/t20-,22+/m1/s1. The molecule has 0 amide bonds. The van der Waals surface area contributed by atoms with Crippen molar-refractivity contribution in [3.05, 3.63) is 101 Å². The first kappa shape index (κ1) is 17.2. The van der Waals surface area contributed by atoms with E-state index >= 15 is 0 Å². The summed E-state index contributed by atoms with van der Waals surface area (Å²) >= 11 is 0. The number of hydrogen-bond donors (Lipinski definition) is 3. The highest BCUT2D eigenvalue weighted by Gasteiger charge is 2.22. The zero-order chi connectivity index (χ0) is 17.6. The fourth-order valence-corrected chi connectivity index (χ4v) is 3.00. The molecular weight excluding hydrogens is 310 g/mol. The van der Waals surface area contributed by atoms with Crippen molar-refractivity contribution < 1.29 is 10.2 Å². The van der Waals surface area contributed by atoms with Gasteiger partial charge >= 0.3 is 0 Å². The van der Waals surface area contributed by atoms with Crippen LogP contribution in [-0.2, 0) is 6.54 Å². The van der Waals surface area contributed by atoms with Crippen LogP contribution in [0.15, 0.2) is 78.9 Å². The smallest absolute Gasteiger partial charge is 0.122 e. The Morgan fingerprint density at radius 1 is 0.800 bits per heavy atom. The van der Waals surface area contributed by atoms with Gasteiger partial charge in [-0.2, -0.15) is 0 Å². The highest BCUT2D eigenvalue weighted by atomic mass is 16.3. The summed E-state index contributed by atoms with van der Waals surface area (Å²) in [7, 11) is 0. The predicted molar refractivity (Wildman–Crippen MR) is 100 cm³/mol. The van der Waals surface area contributed by atoms with Crippen molar-refractivity contribution in [2.24, 2.45) is 0 Å². The van der Waals surface area contributed by atoms with Crippen LogP contribution >= 0.6 is 0 Å². The Morgan fingerprint density at radius 3 is 2.04 bits per heavy atom. The lowest BCUT2D eigenvalue weighted by Crippen LogP contribution is -2.27. The van der Waals surface area contributed by atoms with Crippen molar-refractivity contribution in [2.75, 3.05) is 0 Å². The Morgan fingerprint density at radius 2 is 1.40 bits per heavy atom. The molecule has 0 unspecified atom stereocenters. The Balaban J connectivity index is 1.86. The van der Waals surface area contributed by atoms with Gasteiger partial charge in [-0.15, -0.1) is 0 Å². The van der Waals surface area contributed by atoms with Crippen molar-refractivity contribution >= 4 is 0 Å². The zero-order valence-corrected chi connectivity index (χ0v) is 14.3. The number of phenolic OH excluding ortho intramolecular Hbond substituents is 1. The maximum absolute atomic E-state index is 10.9. The molecule has 3 N–H and O–H groups in total. The van der Waals surface area contributed by atoms with Crippen LogP contribution in [-0.4, -0.2) is 10.2 Å². The van der Waals surface area contributed by atoms with Crippen LogP contribution < -0.4 is 5.32 Å². The summed E-state index contributed by atoms with van der Waals surface area (Å²) in [4.78, 5) is 0. The minimum Gasteiger partial charge on any atom is -0.507 e. The number of para-hydroxylation sites is 1. The number of rotatable bonds is 6. The molecule has 0 fully saturated rings. The van der Waals surface area contributed by atoms with Gasteiger partial charge in [-0.1, -0.05) is 78.9 Å². The number of benzene rings is 3. The zero-order valence-electron chi connectivity index (χ0n) is 14.3. The lowest BCUT2D eigenvalue weighted by atomic mass is 9.95. The van der Waals surface area contributed by atoms with Crippen LogP contribution in [0.3, 0.4) is 0 Å². The molecule has 0 aliphatic carbocycles. The largest absolute Gasteiger partial charge is 0.507 e. The fraction of sp³-hybridized carbons (Fsp3) is 0.182. The monoisotopic (exact) mass is 333 g/mol. The van der Waals surface area contributed by atoms with Crippen LogP contribution in [0.2, 0.25) is 0 Å². The minimum atomic E-state index is -0.685. The predicted octanol–water partition coefficient (Wildman–Crippen LogP) is 4.27. The Labute approximate surface area is 148 Å². The molecule has 0 bridgehead atoms. The SMILES string of the molecule is Cc1cccc(CN[C@H](c2ccccc2)[C@@H](O)c2ccccc2)c1O. The lowest BCUT2D eigenvalue weighted by molar-refractivity contribution is 0.127. The molecule has 0 spiro atoms. The van der Waals surface area contributed by atoms with Gasteiger partial charge in [-0.3, -0.25) is 0 Å². The van der Waals surface area contributed by atoms with E-state index in [4.69, 9.17) is 0 Å². The summed E-state index contributed by atoms with van der Waals surface area (Å²) < 4.78 is 0. The molecular formula is C22H23NO2. The number of aryl methyl sites for hydroxylation is 1. The van der Waals surface area contributed by atoms with E-state index in [0.717, 1.165) is 22.3 Å². The van der Waals surface area contributed by atoms with Crippen molar-refractivity contribution in [3.63, 3.8) is 0 Å². The van der Waals surface area contributed by atoms with Gasteiger partial charge in [0.15, 0.2) is 0 Å². The normalized spacial score (nSPS) is 13.4. The Kier molecular flexibility index (Phi) is 5.49. The van der Waals surface area contributed by atoms with E-state index in [1.807, 2.05) is 85.8 Å². The van der Waals surface area contributed by atoms with E-state index < -0.39 is 6.10 Å². The summed E-state index contributed by atoms with van der Waals surface area (Å²) in [6, 6.07) is 24.9. The minimum absolute atomic E-state index is 0.275. The molecule has 128 valence electrons. The average Bonchev–Trinajstić information content (AvgIpc) is 2.66. The maximum atomic E-state index is 10.9. The van der Waals surface area contributed by atoms with Gasteiger partial charge in [0.05, 0.1) is 12.1 Å². The number of aliphatic hydroxyl groups excluding tert-OH is 1. The number of aromatic hydroxyl groups is 1. The van der Waals surface area contributed by atoms with Crippen LogP contribution in [0.5, 0.6) is 5.75 Å². The van der Waals surface area contributed by atoms with Crippen molar-refractivity contribution in [2.45, 2.75) is 25.6 Å². The molecule has 2 atom stereocenters. The van der Waals surface area contributed by atoms with E-state index in [1.54, 1.807) is 0 Å². The molecule has 0 aromatic heterocycles. The Hall–Kier alpha value is -2.62. The molecule has 3 aromatic rings. The molecule has 3 heteroatoms. The van der Waals surface area contributed by atoms with Gasteiger partial charge < -0.3 is 15.5 Å². The molecule has 0 radical (unpaired) electrons. The molecule has 25 heavy (non-hydrogen) atoms. The molecule has 3 nitrogen and oxygen atoms in total. The summed E-state index contributed by atoms with van der Waals surface area (Å²) in [5.74, 6) is 0.302. The topological polar surface area (TPSA) is 52.5 Å². The molecule has 3 aromatic carbocycles. The molecule has 0 aliphatic rings. The van der Waals surface area contributed by atoms with Crippen LogP contribution in [0.25, 0.3) is 0 Å². The van der Waals surface area contributed by atoms with Gasteiger partial charge in [-0.05, 0) is 23.6 Å². The van der Waals surface area contributed by atoms with Gasteiger partial charge in [0, 0.05) is 12.1 Å². The van der Waals surface area contributed by atoms with Gasteiger partial charge in [0.2, 0.25) is 0 Å². The third-order valence-corrected chi connectivity index (χ3v) is 4.45. The first-order chi connectivity index (χ1) is 12.2. The Bertz CT molecular complexity index is 803. The fourth-order valence-electron chi connectivity index (χ4n) is 3.00. The lowest BCUT2D eigenvalue weighted by Gasteiger charge is -2.25. The number of hydrogen-bond acceptors (Lipinski definition) is 3. The second kappa shape index (κ2) is 7.97. The second-order valence-corrected chi connectivity index (χ2v) is 6.21. The van der Waals surface area contributed by atoms with E-state index in [2.05, 4.69) is 5.32 Å². The molecule has 0 heterocycles. The molecule has 0 saturated heterocycles. The van der Waals surface area contributed by atoms with Gasteiger partial charge in [0.1, 0.15) is 5.75 Å². The second-order valence-electron chi connectivity index (χ2n) is 6.21. The highest BCUT2D eigenvalue weighted by molar-refractivity contribution is 5.39. The summed E-state index contributed by atoms with van der Waals surface area (Å²) in [5, 5.41) is 24.6. The summed E-state index contributed by atoms with van der Waals surface area (Å²) in [5.41, 5.74) is 3.53. The van der Waals surface area contributed by atoms with E-state index in [1.165, 1.54) is 0 Å².